The van der Waals surface area contributed by atoms with Crippen molar-refractivity contribution in [2.45, 2.75) is 39.8 Å². The van der Waals surface area contributed by atoms with Crippen LogP contribution in [0.15, 0.2) is 42.0 Å². The van der Waals surface area contributed by atoms with E-state index in [0.717, 1.165) is 36.0 Å². The van der Waals surface area contributed by atoms with Crippen LogP contribution in [-0.4, -0.2) is 19.1 Å². The highest BCUT2D eigenvalue weighted by Gasteiger charge is 2.07. The number of nitrogens with zero attached hydrogens (tertiary/aromatic N) is 4. The molecule has 0 spiro atoms. The highest BCUT2D eigenvalue weighted by atomic mass is 16.1. The number of aromatic nitrogens is 4. The van der Waals surface area contributed by atoms with Gasteiger partial charge in [0.1, 0.15) is 0 Å². The van der Waals surface area contributed by atoms with Crippen LogP contribution in [0, 0.1) is 13.8 Å². The SMILES string of the molecule is Cc1ccc2c(=O)n(CCCCn3ccnc3)cnc2c1C. The van der Waals surface area contributed by atoms with Crippen molar-refractivity contribution in [3.63, 3.8) is 0 Å². The summed E-state index contributed by atoms with van der Waals surface area (Å²) in [5.41, 5.74) is 3.12. The van der Waals surface area contributed by atoms with E-state index in [2.05, 4.69) is 9.97 Å². The van der Waals surface area contributed by atoms with Gasteiger partial charge in [0, 0.05) is 25.5 Å². The Balaban J connectivity index is 1.73. The van der Waals surface area contributed by atoms with Crippen molar-refractivity contribution in [3.05, 3.63) is 58.7 Å². The fourth-order valence-corrected chi connectivity index (χ4v) is 2.63. The summed E-state index contributed by atoms with van der Waals surface area (Å²) in [6.45, 7) is 5.68. The normalized spacial score (nSPS) is 11.2. The Bertz CT molecular complexity index is 834. The van der Waals surface area contributed by atoms with E-state index < -0.39 is 0 Å². The number of unbranched alkanes of at least 4 members (excludes halogenated alkanes) is 1. The third-order valence-corrected chi connectivity index (χ3v) is 4.14. The van der Waals surface area contributed by atoms with E-state index in [-0.39, 0.29) is 5.56 Å². The average molecular weight is 296 g/mol. The quantitative estimate of drug-likeness (QED) is 0.680. The summed E-state index contributed by atoms with van der Waals surface area (Å²) in [4.78, 5) is 21.0. The summed E-state index contributed by atoms with van der Waals surface area (Å²) in [6.07, 6.45) is 9.17. The summed E-state index contributed by atoms with van der Waals surface area (Å²) in [5.74, 6) is 0. The molecule has 2 heterocycles. The molecule has 0 unspecified atom stereocenters. The fourth-order valence-electron chi connectivity index (χ4n) is 2.63. The Morgan fingerprint density at radius 1 is 1.09 bits per heavy atom. The van der Waals surface area contributed by atoms with Crippen molar-refractivity contribution in [2.24, 2.45) is 0 Å². The highest BCUT2D eigenvalue weighted by Crippen LogP contribution is 2.16. The smallest absolute Gasteiger partial charge is 0.261 e. The maximum absolute atomic E-state index is 12.5. The standard InChI is InChI=1S/C17H20N4O/c1-13-5-6-15-16(14(13)2)19-12-21(17(15)22)9-4-3-8-20-10-7-18-11-20/h5-7,10-12H,3-4,8-9H2,1-2H3. The van der Waals surface area contributed by atoms with E-state index in [1.807, 2.05) is 43.1 Å². The molecule has 5 nitrogen and oxygen atoms in total. The van der Waals surface area contributed by atoms with Gasteiger partial charge in [-0.2, -0.15) is 0 Å². The fraction of sp³-hybridized carbons (Fsp3) is 0.353. The number of rotatable bonds is 5. The van der Waals surface area contributed by atoms with Crippen LogP contribution in [0.1, 0.15) is 24.0 Å². The zero-order chi connectivity index (χ0) is 15.5. The number of imidazole rings is 1. The van der Waals surface area contributed by atoms with E-state index >= 15 is 0 Å². The molecule has 5 heteroatoms. The molecule has 0 aliphatic rings. The van der Waals surface area contributed by atoms with Gasteiger partial charge in [-0.15, -0.1) is 0 Å². The predicted octanol–water partition coefficient (Wildman–Crippen LogP) is 2.69. The van der Waals surface area contributed by atoms with Gasteiger partial charge in [0.15, 0.2) is 0 Å². The lowest BCUT2D eigenvalue weighted by Crippen LogP contribution is -2.21. The van der Waals surface area contributed by atoms with Crippen molar-refractivity contribution in [2.75, 3.05) is 0 Å². The van der Waals surface area contributed by atoms with Gasteiger partial charge in [-0.1, -0.05) is 6.07 Å². The zero-order valence-electron chi connectivity index (χ0n) is 13.0. The first-order chi connectivity index (χ1) is 10.7. The van der Waals surface area contributed by atoms with Crippen molar-refractivity contribution >= 4 is 10.9 Å². The Labute approximate surface area is 129 Å². The van der Waals surface area contributed by atoms with E-state index in [4.69, 9.17) is 0 Å². The molecule has 0 N–H and O–H groups in total. The van der Waals surface area contributed by atoms with Crippen molar-refractivity contribution < 1.29 is 0 Å². The summed E-state index contributed by atoms with van der Waals surface area (Å²) in [5, 5.41) is 0.709. The van der Waals surface area contributed by atoms with Crippen molar-refractivity contribution in [3.8, 4) is 0 Å². The Morgan fingerprint density at radius 3 is 2.68 bits per heavy atom. The van der Waals surface area contributed by atoms with Crippen LogP contribution in [0.3, 0.4) is 0 Å². The van der Waals surface area contributed by atoms with Gasteiger partial charge in [0.05, 0.1) is 23.6 Å². The molecule has 0 saturated carbocycles. The molecular formula is C17H20N4O. The van der Waals surface area contributed by atoms with Gasteiger partial charge in [0.25, 0.3) is 5.56 Å². The topological polar surface area (TPSA) is 52.7 Å². The van der Waals surface area contributed by atoms with Crippen molar-refractivity contribution in [1.29, 1.82) is 0 Å². The first-order valence-electron chi connectivity index (χ1n) is 7.58. The number of hydrogen-bond acceptors (Lipinski definition) is 3. The second kappa shape index (κ2) is 6.13. The number of benzene rings is 1. The number of aryl methyl sites for hydroxylation is 4. The minimum atomic E-state index is 0.0516. The molecule has 22 heavy (non-hydrogen) atoms. The first kappa shape index (κ1) is 14.5. The second-order valence-electron chi connectivity index (χ2n) is 5.65. The molecule has 1 aromatic carbocycles. The molecule has 0 atom stereocenters. The minimum absolute atomic E-state index is 0.0516. The lowest BCUT2D eigenvalue weighted by atomic mass is 10.1. The van der Waals surface area contributed by atoms with E-state index in [9.17, 15) is 4.79 Å². The van der Waals surface area contributed by atoms with E-state index in [0.29, 0.717) is 11.9 Å². The molecule has 0 fully saturated rings. The summed E-state index contributed by atoms with van der Waals surface area (Å²) < 4.78 is 3.76. The van der Waals surface area contributed by atoms with E-state index in [1.165, 1.54) is 0 Å². The molecular weight excluding hydrogens is 276 g/mol. The van der Waals surface area contributed by atoms with Crippen LogP contribution in [0.2, 0.25) is 0 Å². The monoisotopic (exact) mass is 296 g/mol. The maximum atomic E-state index is 12.5. The molecule has 0 amide bonds. The molecule has 2 aromatic heterocycles. The lowest BCUT2D eigenvalue weighted by molar-refractivity contribution is 0.542. The third kappa shape index (κ3) is 2.79. The van der Waals surface area contributed by atoms with Crippen molar-refractivity contribution in [1.82, 2.24) is 19.1 Å². The maximum Gasteiger partial charge on any atom is 0.261 e. The van der Waals surface area contributed by atoms with Crippen LogP contribution in [0.5, 0.6) is 0 Å². The van der Waals surface area contributed by atoms with E-state index in [1.54, 1.807) is 17.1 Å². The molecule has 114 valence electrons. The number of hydrogen-bond donors (Lipinski definition) is 0. The molecule has 0 saturated heterocycles. The third-order valence-electron chi connectivity index (χ3n) is 4.14. The van der Waals surface area contributed by atoms with Gasteiger partial charge in [-0.3, -0.25) is 9.36 Å². The molecule has 0 radical (unpaired) electrons. The Morgan fingerprint density at radius 2 is 1.91 bits per heavy atom. The molecule has 0 bridgehead atoms. The Kier molecular flexibility index (Phi) is 4.04. The largest absolute Gasteiger partial charge is 0.337 e. The van der Waals surface area contributed by atoms with Crippen LogP contribution >= 0.6 is 0 Å². The average Bonchev–Trinajstić information content (AvgIpc) is 3.03. The van der Waals surface area contributed by atoms with Gasteiger partial charge >= 0.3 is 0 Å². The zero-order valence-corrected chi connectivity index (χ0v) is 13.0. The molecule has 3 rings (SSSR count). The van der Waals surface area contributed by atoms with Crippen LogP contribution < -0.4 is 5.56 Å². The van der Waals surface area contributed by atoms with Crippen LogP contribution in [-0.2, 0) is 13.1 Å². The summed E-state index contributed by atoms with van der Waals surface area (Å²) in [7, 11) is 0. The summed E-state index contributed by atoms with van der Waals surface area (Å²) in [6, 6.07) is 3.87. The molecule has 3 aromatic rings. The van der Waals surface area contributed by atoms with Gasteiger partial charge in [-0.25, -0.2) is 9.97 Å². The number of fused-ring (bicyclic) bond motifs is 1. The van der Waals surface area contributed by atoms with Crippen LogP contribution in [0.4, 0.5) is 0 Å². The minimum Gasteiger partial charge on any atom is -0.337 e. The van der Waals surface area contributed by atoms with Gasteiger partial charge in [-0.05, 0) is 43.9 Å². The predicted molar refractivity (Wildman–Crippen MR) is 86.9 cm³/mol. The van der Waals surface area contributed by atoms with Gasteiger partial charge in [0.2, 0.25) is 0 Å². The van der Waals surface area contributed by atoms with Crippen LogP contribution in [0.25, 0.3) is 10.9 Å². The second-order valence-corrected chi connectivity index (χ2v) is 5.65. The Hall–Kier alpha value is -2.43. The first-order valence-corrected chi connectivity index (χ1v) is 7.58. The van der Waals surface area contributed by atoms with Gasteiger partial charge < -0.3 is 4.57 Å². The lowest BCUT2D eigenvalue weighted by Gasteiger charge is -2.09. The summed E-state index contributed by atoms with van der Waals surface area (Å²) >= 11 is 0. The molecule has 0 aliphatic carbocycles. The molecule has 0 aliphatic heterocycles. The highest BCUT2D eigenvalue weighted by molar-refractivity contribution is 5.81.